The van der Waals surface area contributed by atoms with Gasteiger partial charge in [0.25, 0.3) is 0 Å². The Morgan fingerprint density at radius 2 is 2.00 bits per heavy atom. The lowest BCUT2D eigenvalue weighted by Gasteiger charge is -2.30. The number of fused-ring (bicyclic) bond motifs is 1. The van der Waals surface area contributed by atoms with Crippen molar-refractivity contribution in [3.8, 4) is 17.0 Å². The highest BCUT2D eigenvalue weighted by molar-refractivity contribution is 6.02. The van der Waals surface area contributed by atoms with Gasteiger partial charge in [0.05, 0.1) is 0 Å². The van der Waals surface area contributed by atoms with Gasteiger partial charge in [0.1, 0.15) is 11.4 Å². The second-order valence-electron chi connectivity index (χ2n) is 7.66. The number of benzene rings is 2. The number of hydrogen-bond acceptors (Lipinski definition) is 5. The number of phenols is 1. The monoisotopic (exact) mass is 362 g/mol. The van der Waals surface area contributed by atoms with Crippen LogP contribution in [0.3, 0.4) is 0 Å². The molecular weight excluding hydrogens is 336 g/mol. The molecule has 0 unspecified atom stereocenters. The Bertz CT molecular complexity index is 985. The summed E-state index contributed by atoms with van der Waals surface area (Å²) in [6.07, 6.45) is 2.33. The molecule has 0 aliphatic carbocycles. The number of piperidine rings is 1. The number of nitrogens with zero attached hydrogens (tertiary/aromatic N) is 3. The first-order chi connectivity index (χ1) is 13.0. The van der Waals surface area contributed by atoms with Gasteiger partial charge in [-0.2, -0.15) is 0 Å². The average molecular weight is 362 g/mol. The molecule has 4 rings (SSSR count). The van der Waals surface area contributed by atoms with E-state index in [2.05, 4.69) is 52.6 Å². The van der Waals surface area contributed by atoms with E-state index in [1.807, 2.05) is 19.1 Å². The number of rotatable bonds is 3. The smallest absolute Gasteiger partial charge is 0.156 e. The number of aromatic nitrogens is 2. The third kappa shape index (κ3) is 3.47. The number of aryl methyl sites for hydroxylation is 2. The summed E-state index contributed by atoms with van der Waals surface area (Å²) < 4.78 is 0. The van der Waals surface area contributed by atoms with Crippen LogP contribution < -0.4 is 5.32 Å². The van der Waals surface area contributed by atoms with Crippen molar-refractivity contribution in [3.05, 3.63) is 47.5 Å². The van der Waals surface area contributed by atoms with Crippen molar-refractivity contribution in [3.63, 3.8) is 0 Å². The van der Waals surface area contributed by atoms with E-state index < -0.39 is 0 Å². The number of anilines is 1. The van der Waals surface area contributed by atoms with E-state index in [4.69, 9.17) is 0 Å². The largest absolute Gasteiger partial charge is 0.507 e. The van der Waals surface area contributed by atoms with Crippen molar-refractivity contribution in [2.75, 3.05) is 25.5 Å². The summed E-state index contributed by atoms with van der Waals surface area (Å²) in [6.45, 7) is 6.20. The Balaban J connectivity index is 1.81. The number of likely N-dealkylation sites (tertiary alicyclic amines) is 1. The van der Waals surface area contributed by atoms with E-state index in [0.29, 0.717) is 6.04 Å². The second-order valence-corrected chi connectivity index (χ2v) is 7.66. The Morgan fingerprint density at radius 3 is 2.78 bits per heavy atom. The van der Waals surface area contributed by atoms with Gasteiger partial charge in [-0.1, -0.05) is 24.3 Å². The highest BCUT2D eigenvalue weighted by Crippen LogP contribution is 2.36. The predicted molar refractivity (Wildman–Crippen MR) is 110 cm³/mol. The Morgan fingerprint density at radius 1 is 1.15 bits per heavy atom. The van der Waals surface area contributed by atoms with E-state index in [0.717, 1.165) is 58.5 Å². The minimum Gasteiger partial charge on any atom is -0.507 e. The van der Waals surface area contributed by atoms with Gasteiger partial charge in [0, 0.05) is 28.9 Å². The molecule has 0 bridgehead atoms. The van der Waals surface area contributed by atoms with Crippen LogP contribution in [0.4, 0.5) is 5.82 Å². The van der Waals surface area contributed by atoms with Crippen LogP contribution in [0.15, 0.2) is 36.4 Å². The standard InChI is InChI=1S/C22H26N4O/c1-14-9-10-17(19(27)12-14)21-20-15(2)6-4-8-18(20)22(25-24-21)23-16-7-5-11-26(3)13-16/h4,6,8-10,12,16,27H,5,7,11,13H2,1-3H3,(H,23,25)/t16-/m1/s1. The molecule has 1 fully saturated rings. The van der Waals surface area contributed by atoms with Crippen molar-refractivity contribution in [2.45, 2.75) is 32.7 Å². The Hall–Kier alpha value is -2.66. The van der Waals surface area contributed by atoms with Crippen LogP contribution in [0.5, 0.6) is 5.75 Å². The van der Waals surface area contributed by atoms with Gasteiger partial charge in [-0.05, 0) is 63.5 Å². The van der Waals surface area contributed by atoms with E-state index in [1.54, 1.807) is 6.07 Å². The van der Waals surface area contributed by atoms with Crippen molar-refractivity contribution in [2.24, 2.45) is 0 Å². The zero-order valence-corrected chi connectivity index (χ0v) is 16.2. The first kappa shape index (κ1) is 17.7. The van der Waals surface area contributed by atoms with Gasteiger partial charge in [-0.3, -0.25) is 0 Å². The van der Waals surface area contributed by atoms with Crippen molar-refractivity contribution in [1.82, 2.24) is 15.1 Å². The lowest BCUT2D eigenvalue weighted by molar-refractivity contribution is 0.261. The van der Waals surface area contributed by atoms with E-state index in [-0.39, 0.29) is 5.75 Å². The molecule has 1 aliphatic rings. The third-order valence-electron chi connectivity index (χ3n) is 5.39. The predicted octanol–water partition coefficient (Wildman–Crippen LogP) is 4.13. The molecule has 5 nitrogen and oxygen atoms in total. The molecule has 2 N–H and O–H groups in total. The number of hydrogen-bond donors (Lipinski definition) is 2. The van der Waals surface area contributed by atoms with Crippen LogP contribution >= 0.6 is 0 Å². The number of aromatic hydroxyl groups is 1. The van der Waals surface area contributed by atoms with Crippen LogP contribution in [0.2, 0.25) is 0 Å². The van der Waals surface area contributed by atoms with Gasteiger partial charge in [-0.15, -0.1) is 10.2 Å². The molecule has 2 aromatic carbocycles. The van der Waals surface area contributed by atoms with Gasteiger partial charge in [0.2, 0.25) is 0 Å². The van der Waals surface area contributed by atoms with Gasteiger partial charge in [-0.25, -0.2) is 0 Å². The minimum atomic E-state index is 0.239. The number of nitrogens with one attached hydrogen (secondary N) is 1. The molecule has 3 aromatic rings. The molecule has 0 amide bonds. The quantitative estimate of drug-likeness (QED) is 0.734. The van der Waals surface area contributed by atoms with E-state index in [1.165, 1.54) is 6.42 Å². The molecular formula is C22H26N4O. The first-order valence-electron chi connectivity index (χ1n) is 9.54. The molecule has 1 saturated heterocycles. The number of likely N-dealkylation sites (N-methyl/N-ethyl adjacent to an activating group) is 1. The highest BCUT2D eigenvalue weighted by atomic mass is 16.3. The minimum absolute atomic E-state index is 0.239. The summed E-state index contributed by atoms with van der Waals surface area (Å²) in [4.78, 5) is 2.35. The molecule has 0 radical (unpaired) electrons. The highest BCUT2D eigenvalue weighted by Gasteiger charge is 2.20. The number of phenolic OH excluding ortho intramolecular Hbond substituents is 1. The molecule has 140 valence electrons. The zero-order chi connectivity index (χ0) is 19.0. The molecule has 2 heterocycles. The Kier molecular flexibility index (Phi) is 4.70. The van der Waals surface area contributed by atoms with Crippen molar-refractivity contribution < 1.29 is 5.11 Å². The lowest BCUT2D eigenvalue weighted by atomic mass is 9.99. The summed E-state index contributed by atoms with van der Waals surface area (Å²) >= 11 is 0. The van der Waals surface area contributed by atoms with E-state index >= 15 is 0 Å². The molecule has 0 spiro atoms. The van der Waals surface area contributed by atoms with Crippen molar-refractivity contribution >= 4 is 16.6 Å². The molecule has 27 heavy (non-hydrogen) atoms. The average Bonchev–Trinajstić information content (AvgIpc) is 2.63. The third-order valence-corrected chi connectivity index (χ3v) is 5.39. The fourth-order valence-corrected chi connectivity index (χ4v) is 4.00. The molecule has 1 atom stereocenters. The maximum atomic E-state index is 10.5. The summed E-state index contributed by atoms with van der Waals surface area (Å²) in [7, 11) is 2.16. The van der Waals surface area contributed by atoms with Gasteiger partial charge < -0.3 is 15.3 Å². The summed E-state index contributed by atoms with van der Waals surface area (Å²) in [6, 6.07) is 12.3. The molecule has 0 saturated carbocycles. The van der Waals surface area contributed by atoms with E-state index in [9.17, 15) is 5.11 Å². The molecule has 1 aromatic heterocycles. The fourth-order valence-electron chi connectivity index (χ4n) is 4.00. The maximum absolute atomic E-state index is 10.5. The van der Waals surface area contributed by atoms with Crippen LogP contribution in [0.25, 0.3) is 22.0 Å². The zero-order valence-electron chi connectivity index (χ0n) is 16.2. The van der Waals surface area contributed by atoms with Gasteiger partial charge >= 0.3 is 0 Å². The second kappa shape index (κ2) is 7.16. The summed E-state index contributed by atoms with van der Waals surface area (Å²) in [5.74, 6) is 1.06. The Labute approximate surface area is 160 Å². The summed E-state index contributed by atoms with van der Waals surface area (Å²) in [5, 5.41) is 25.2. The summed E-state index contributed by atoms with van der Waals surface area (Å²) in [5.41, 5.74) is 3.59. The van der Waals surface area contributed by atoms with Crippen molar-refractivity contribution in [1.29, 1.82) is 0 Å². The van der Waals surface area contributed by atoms with Crippen LogP contribution in [0.1, 0.15) is 24.0 Å². The molecule has 1 aliphatic heterocycles. The van der Waals surface area contributed by atoms with Crippen LogP contribution in [-0.4, -0.2) is 46.4 Å². The van der Waals surface area contributed by atoms with Crippen LogP contribution in [0, 0.1) is 13.8 Å². The lowest BCUT2D eigenvalue weighted by Crippen LogP contribution is -2.40. The van der Waals surface area contributed by atoms with Gasteiger partial charge in [0.15, 0.2) is 5.82 Å². The van der Waals surface area contributed by atoms with Crippen LogP contribution in [-0.2, 0) is 0 Å². The normalized spacial score (nSPS) is 18.0. The topological polar surface area (TPSA) is 61.3 Å². The first-order valence-corrected chi connectivity index (χ1v) is 9.54. The molecule has 5 heteroatoms. The fraction of sp³-hybridized carbons (Fsp3) is 0.364. The maximum Gasteiger partial charge on any atom is 0.156 e. The SMILES string of the molecule is Cc1ccc(-c2nnc(N[C@@H]3CCCN(C)C3)c3cccc(C)c23)c(O)c1.